The van der Waals surface area contributed by atoms with Gasteiger partial charge in [-0.1, -0.05) is 84.9 Å². The Morgan fingerprint density at radius 2 is 1.27 bits per heavy atom. The second-order valence-electron chi connectivity index (χ2n) is 8.40. The van der Waals surface area contributed by atoms with Gasteiger partial charge in [0.25, 0.3) is 5.91 Å². The highest BCUT2D eigenvalue weighted by Crippen LogP contribution is 2.38. The monoisotopic (exact) mass is 498 g/mol. The van der Waals surface area contributed by atoms with Crippen LogP contribution >= 0.6 is 11.8 Å². The molecule has 0 saturated carbocycles. The highest BCUT2D eigenvalue weighted by molar-refractivity contribution is 8.19. The smallest absolute Gasteiger partial charge is 0.268 e. The van der Waals surface area contributed by atoms with Crippen LogP contribution in [-0.2, 0) is 4.79 Å². The van der Waals surface area contributed by atoms with Crippen LogP contribution in [0.2, 0.25) is 0 Å². The number of carbonyl (C=O) groups is 1. The minimum absolute atomic E-state index is 0.114. The predicted molar refractivity (Wildman–Crippen MR) is 152 cm³/mol. The predicted octanol–water partition coefficient (Wildman–Crippen LogP) is 7.35. The van der Waals surface area contributed by atoms with E-state index in [1.807, 2.05) is 138 Å². The van der Waals surface area contributed by atoms with Crippen LogP contribution in [0.4, 0.5) is 11.4 Å². The molecule has 1 fully saturated rings. The Bertz CT molecular complexity index is 1590. The molecule has 6 rings (SSSR count). The summed E-state index contributed by atoms with van der Waals surface area (Å²) in [5.41, 5.74) is 5.18. The van der Waals surface area contributed by atoms with Crippen LogP contribution in [-0.4, -0.2) is 20.9 Å². The molecule has 178 valence electrons. The average Bonchev–Trinajstić information content (AvgIpc) is 3.51. The number of anilines is 1. The number of amidine groups is 1. The summed E-state index contributed by atoms with van der Waals surface area (Å²) in [6.45, 7) is 0. The highest BCUT2D eigenvalue weighted by Gasteiger charge is 2.35. The van der Waals surface area contributed by atoms with Gasteiger partial charge in [-0.2, -0.15) is 5.10 Å². The average molecular weight is 499 g/mol. The standard InChI is InChI=1S/C31H22N4OS/c36-30-28(37-31(32-25-15-7-2-8-16-25)35(30)27-19-11-4-12-20-27)21-24-22-34(26-17-9-3-10-18-26)33-29(24)23-13-5-1-6-14-23/h1-22H/b28-21+,32-31?. The van der Waals surface area contributed by atoms with Gasteiger partial charge in [-0.15, -0.1) is 0 Å². The highest BCUT2D eigenvalue weighted by atomic mass is 32.2. The van der Waals surface area contributed by atoms with E-state index in [9.17, 15) is 4.79 Å². The molecule has 5 aromatic rings. The summed E-state index contributed by atoms with van der Waals surface area (Å²) in [5, 5.41) is 5.51. The van der Waals surface area contributed by atoms with Gasteiger partial charge in [0, 0.05) is 17.3 Å². The number of benzene rings is 4. The van der Waals surface area contributed by atoms with Crippen molar-refractivity contribution in [3.63, 3.8) is 0 Å². The molecule has 0 N–H and O–H groups in total. The maximum absolute atomic E-state index is 13.8. The zero-order valence-corrected chi connectivity index (χ0v) is 20.6. The lowest BCUT2D eigenvalue weighted by Gasteiger charge is -2.15. The van der Waals surface area contributed by atoms with Crippen molar-refractivity contribution in [2.45, 2.75) is 0 Å². The molecule has 4 aromatic carbocycles. The van der Waals surface area contributed by atoms with Crippen LogP contribution in [0.3, 0.4) is 0 Å². The fourth-order valence-electron chi connectivity index (χ4n) is 4.13. The summed E-state index contributed by atoms with van der Waals surface area (Å²) in [6.07, 6.45) is 3.89. The van der Waals surface area contributed by atoms with Crippen molar-refractivity contribution in [2.24, 2.45) is 4.99 Å². The first-order valence-corrected chi connectivity index (χ1v) is 12.7. The van der Waals surface area contributed by atoms with Gasteiger partial charge in [0.2, 0.25) is 0 Å². The van der Waals surface area contributed by atoms with E-state index in [1.54, 1.807) is 4.90 Å². The van der Waals surface area contributed by atoms with Gasteiger partial charge in [-0.05, 0) is 54.2 Å². The molecule has 0 unspecified atom stereocenters. The SMILES string of the molecule is O=C1/C(=C\c2cn(-c3ccccc3)nc2-c2ccccc2)SC(=Nc2ccccc2)N1c1ccccc1. The number of nitrogens with zero attached hydrogens (tertiary/aromatic N) is 4. The minimum Gasteiger partial charge on any atom is -0.268 e. The summed E-state index contributed by atoms with van der Waals surface area (Å²) >= 11 is 1.37. The van der Waals surface area contributed by atoms with Gasteiger partial charge in [0.1, 0.15) is 0 Å². The fourth-order valence-corrected chi connectivity index (χ4v) is 5.13. The number of amides is 1. The van der Waals surface area contributed by atoms with Crippen LogP contribution in [0.1, 0.15) is 5.56 Å². The van der Waals surface area contributed by atoms with Crippen molar-refractivity contribution in [2.75, 3.05) is 4.90 Å². The topological polar surface area (TPSA) is 50.5 Å². The van der Waals surface area contributed by atoms with Gasteiger partial charge in [-0.3, -0.25) is 9.69 Å². The number of hydrogen-bond acceptors (Lipinski definition) is 4. The first kappa shape index (κ1) is 22.8. The summed E-state index contributed by atoms with van der Waals surface area (Å²) < 4.78 is 1.85. The van der Waals surface area contributed by atoms with Crippen molar-refractivity contribution in [3.8, 4) is 16.9 Å². The van der Waals surface area contributed by atoms with E-state index >= 15 is 0 Å². The van der Waals surface area contributed by atoms with Crippen LogP contribution < -0.4 is 4.90 Å². The molecule has 1 aliphatic rings. The van der Waals surface area contributed by atoms with Crippen molar-refractivity contribution in [1.82, 2.24) is 9.78 Å². The van der Waals surface area contributed by atoms with Gasteiger partial charge in [-0.25, -0.2) is 9.67 Å². The van der Waals surface area contributed by atoms with E-state index < -0.39 is 0 Å². The van der Waals surface area contributed by atoms with E-state index in [2.05, 4.69) is 0 Å². The zero-order valence-electron chi connectivity index (χ0n) is 19.8. The van der Waals surface area contributed by atoms with Crippen LogP contribution in [0.5, 0.6) is 0 Å². The number of para-hydroxylation sites is 3. The van der Waals surface area contributed by atoms with Gasteiger partial charge in [0.05, 0.1) is 27.7 Å². The molecule has 0 radical (unpaired) electrons. The first-order chi connectivity index (χ1) is 18.3. The Morgan fingerprint density at radius 3 is 1.92 bits per heavy atom. The molecule has 5 nitrogen and oxygen atoms in total. The Balaban J connectivity index is 1.46. The van der Waals surface area contributed by atoms with Crippen LogP contribution in [0.15, 0.2) is 137 Å². The Labute approximate surface area is 219 Å². The molecule has 37 heavy (non-hydrogen) atoms. The number of hydrogen-bond donors (Lipinski definition) is 0. The number of thioether (sulfide) groups is 1. The Morgan fingerprint density at radius 1 is 0.703 bits per heavy atom. The lowest BCUT2D eigenvalue weighted by atomic mass is 10.1. The molecule has 0 atom stereocenters. The molecule has 1 saturated heterocycles. The van der Waals surface area contributed by atoms with E-state index in [0.717, 1.165) is 33.9 Å². The minimum atomic E-state index is -0.114. The molecule has 1 amide bonds. The zero-order chi connectivity index (χ0) is 25.0. The van der Waals surface area contributed by atoms with E-state index in [0.29, 0.717) is 10.1 Å². The number of rotatable bonds is 5. The molecular weight excluding hydrogens is 476 g/mol. The lowest BCUT2D eigenvalue weighted by molar-refractivity contribution is -0.113. The third kappa shape index (κ3) is 4.75. The third-order valence-electron chi connectivity index (χ3n) is 5.90. The first-order valence-electron chi connectivity index (χ1n) is 11.9. The molecule has 1 aromatic heterocycles. The second-order valence-corrected chi connectivity index (χ2v) is 9.40. The molecule has 0 bridgehead atoms. The maximum atomic E-state index is 13.8. The molecular formula is C31H22N4OS. The van der Waals surface area contributed by atoms with Crippen molar-refractivity contribution in [1.29, 1.82) is 0 Å². The lowest BCUT2D eigenvalue weighted by Crippen LogP contribution is -2.28. The third-order valence-corrected chi connectivity index (χ3v) is 6.87. The van der Waals surface area contributed by atoms with Crippen LogP contribution in [0, 0.1) is 0 Å². The van der Waals surface area contributed by atoms with Crippen molar-refractivity contribution >= 4 is 40.3 Å². The van der Waals surface area contributed by atoms with Gasteiger partial charge < -0.3 is 0 Å². The summed E-state index contributed by atoms with van der Waals surface area (Å²) in [6, 6.07) is 39.3. The van der Waals surface area contributed by atoms with E-state index in [1.165, 1.54) is 11.8 Å². The molecule has 1 aliphatic heterocycles. The normalized spacial score (nSPS) is 15.6. The summed E-state index contributed by atoms with van der Waals surface area (Å²) in [4.78, 5) is 20.8. The van der Waals surface area contributed by atoms with Gasteiger partial charge >= 0.3 is 0 Å². The van der Waals surface area contributed by atoms with Gasteiger partial charge in [0.15, 0.2) is 5.17 Å². The Hall–Kier alpha value is -4.68. The number of carbonyl (C=O) groups excluding carboxylic acids is 1. The van der Waals surface area contributed by atoms with Crippen molar-refractivity contribution in [3.05, 3.63) is 138 Å². The second kappa shape index (κ2) is 10.1. The number of aromatic nitrogens is 2. The molecule has 6 heteroatoms. The fraction of sp³-hybridized carbons (Fsp3) is 0. The van der Waals surface area contributed by atoms with E-state index in [-0.39, 0.29) is 5.91 Å². The molecule has 2 heterocycles. The van der Waals surface area contributed by atoms with Crippen LogP contribution in [0.25, 0.3) is 23.0 Å². The molecule has 0 aliphatic carbocycles. The maximum Gasteiger partial charge on any atom is 0.271 e. The van der Waals surface area contributed by atoms with E-state index in [4.69, 9.17) is 10.1 Å². The molecule has 0 spiro atoms. The van der Waals surface area contributed by atoms with Crippen molar-refractivity contribution < 1.29 is 4.79 Å². The largest absolute Gasteiger partial charge is 0.271 e. The summed E-state index contributed by atoms with van der Waals surface area (Å²) in [5.74, 6) is -0.114. The summed E-state index contributed by atoms with van der Waals surface area (Å²) in [7, 11) is 0. The number of aliphatic imine (C=N–C) groups is 1. The quantitative estimate of drug-likeness (QED) is 0.238. The Kier molecular flexibility index (Phi) is 6.23.